The molecule has 1 N–H and O–H groups in total. The molecule has 2 heterocycles. The molecule has 7 heteroatoms. The molecule has 1 aromatic heterocycles. The van der Waals surface area contributed by atoms with Crippen molar-refractivity contribution in [3.63, 3.8) is 0 Å². The van der Waals surface area contributed by atoms with E-state index in [9.17, 15) is 9.59 Å². The standard InChI is InChI=1S/C23H17Cl2N3O2/c1-14-11-18(25)8-9-19(14)27-21-20(16-4-6-17(24)7-5-16)22(29)28(23(21)30)13-15-3-2-10-26-12-15/h2-12,27H,13H2,1H3. The Morgan fingerprint density at radius 3 is 2.37 bits per heavy atom. The summed E-state index contributed by atoms with van der Waals surface area (Å²) in [4.78, 5) is 31.8. The van der Waals surface area contributed by atoms with E-state index in [4.69, 9.17) is 23.2 Å². The van der Waals surface area contributed by atoms with E-state index in [0.717, 1.165) is 11.1 Å². The number of halogens is 2. The maximum atomic E-state index is 13.3. The third-order valence-electron chi connectivity index (χ3n) is 4.81. The van der Waals surface area contributed by atoms with Crippen LogP contribution in [-0.2, 0) is 16.1 Å². The van der Waals surface area contributed by atoms with Crippen molar-refractivity contribution in [3.05, 3.63) is 99.4 Å². The fourth-order valence-electron chi connectivity index (χ4n) is 3.30. The van der Waals surface area contributed by atoms with Crippen molar-refractivity contribution in [1.82, 2.24) is 9.88 Å². The summed E-state index contributed by atoms with van der Waals surface area (Å²) in [5, 5.41) is 4.30. The number of hydrogen-bond donors (Lipinski definition) is 1. The highest BCUT2D eigenvalue weighted by atomic mass is 35.5. The summed E-state index contributed by atoms with van der Waals surface area (Å²) in [6.45, 7) is 2.01. The number of anilines is 1. The molecule has 0 fully saturated rings. The lowest BCUT2D eigenvalue weighted by atomic mass is 10.0. The second-order valence-electron chi connectivity index (χ2n) is 6.90. The van der Waals surface area contributed by atoms with Gasteiger partial charge in [0.1, 0.15) is 5.70 Å². The van der Waals surface area contributed by atoms with Gasteiger partial charge in [-0.3, -0.25) is 19.5 Å². The van der Waals surface area contributed by atoms with E-state index in [1.54, 1.807) is 60.9 Å². The molecule has 0 atom stereocenters. The van der Waals surface area contributed by atoms with Crippen molar-refractivity contribution in [2.24, 2.45) is 0 Å². The Morgan fingerprint density at radius 1 is 0.967 bits per heavy atom. The minimum Gasteiger partial charge on any atom is -0.350 e. The van der Waals surface area contributed by atoms with Crippen molar-refractivity contribution in [2.75, 3.05) is 5.32 Å². The number of hydrogen-bond acceptors (Lipinski definition) is 4. The zero-order valence-electron chi connectivity index (χ0n) is 16.0. The number of amides is 2. The summed E-state index contributed by atoms with van der Waals surface area (Å²) in [6, 6.07) is 15.7. The van der Waals surface area contributed by atoms with Crippen LogP contribution in [0.1, 0.15) is 16.7 Å². The number of aryl methyl sites for hydroxylation is 1. The molecule has 3 aromatic rings. The number of benzene rings is 2. The quantitative estimate of drug-likeness (QED) is 0.564. The molecule has 0 unspecified atom stereocenters. The normalized spacial score (nSPS) is 13.9. The summed E-state index contributed by atoms with van der Waals surface area (Å²) < 4.78 is 0. The second-order valence-corrected chi connectivity index (χ2v) is 7.77. The molecular formula is C23H17Cl2N3O2. The average Bonchev–Trinajstić information content (AvgIpc) is 2.96. The molecule has 150 valence electrons. The lowest BCUT2D eigenvalue weighted by Crippen LogP contribution is -2.32. The van der Waals surface area contributed by atoms with Crippen LogP contribution in [0.2, 0.25) is 10.0 Å². The van der Waals surface area contributed by atoms with Gasteiger partial charge in [-0.2, -0.15) is 0 Å². The van der Waals surface area contributed by atoms with E-state index < -0.39 is 5.91 Å². The van der Waals surface area contributed by atoms with Crippen LogP contribution in [0.15, 0.2) is 72.7 Å². The Bertz CT molecular complexity index is 1160. The molecule has 1 aliphatic heterocycles. The van der Waals surface area contributed by atoms with Crippen molar-refractivity contribution < 1.29 is 9.59 Å². The Kier molecular flexibility index (Phi) is 5.57. The van der Waals surface area contributed by atoms with Crippen LogP contribution in [0, 0.1) is 6.92 Å². The summed E-state index contributed by atoms with van der Waals surface area (Å²) >= 11 is 12.1. The third kappa shape index (κ3) is 3.95. The number of nitrogens with one attached hydrogen (secondary N) is 1. The minimum absolute atomic E-state index is 0.132. The highest BCUT2D eigenvalue weighted by Crippen LogP contribution is 2.33. The number of aromatic nitrogens is 1. The lowest BCUT2D eigenvalue weighted by molar-refractivity contribution is -0.137. The van der Waals surface area contributed by atoms with Crippen LogP contribution >= 0.6 is 23.2 Å². The van der Waals surface area contributed by atoms with Crippen LogP contribution in [0.25, 0.3) is 5.57 Å². The number of imide groups is 1. The molecule has 0 saturated heterocycles. The second kappa shape index (κ2) is 8.30. The van der Waals surface area contributed by atoms with Crippen molar-refractivity contribution in [2.45, 2.75) is 13.5 Å². The molecular weight excluding hydrogens is 421 g/mol. The van der Waals surface area contributed by atoms with E-state index in [1.807, 2.05) is 13.0 Å². The maximum Gasteiger partial charge on any atom is 0.278 e. The van der Waals surface area contributed by atoms with Gasteiger partial charge in [-0.25, -0.2) is 0 Å². The molecule has 0 bridgehead atoms. The van der Waals surface area contributed by atoms with Crippen LogP contribution in [0.4, 0.5) is 5.69 Å². The van der Waals surface area contributed by atoms with Gasteiger partial charge in [0.05, 0.1) is 12.1 Å². The van der Waals surface area contributed by atoms with Gasteiger partial charge in [0.2, 0.25) is 0 Å². The van der Waals surface area contributed by atoms with E-state index in [2.05, 4.69) is 10.3 Å². The highest BCUT2D eigenvalue weighted by Gasteiger charge is 2.39. The first kappa shape index (κ1) is 20.1. The van der Waals surface area contributed by atoms with Gasteiger partial charge in [-0.1, -0.05) is 41.4 Å². The van der Waals surface area contributed by atoms with Crippen molar-refractivity contribution >= 4 is 46.3 Å². The number of carbonyl (C=O) groups is 2. The SMILES string of the molecule is Cc1cc(Cl)ccc1NC1=C(c2ccc(Cl)cc2)C(=O)N(Cc2cccnc2)C1=O. The molecule has 0 saturated carbocycles. The van der Waals surface area contributed by atoms with Gasteiger partial charge in [0.15, 0.2) is 0 Å². The molecule has 0 radical (unpaired) electrons. The van der Waals surface area contributed by atoms with Crippen LogP contribution in [0.3, 0.4) is 0 Å². The Hall–Kier alpha value is -3.15. The molecule has 2 amide bonds. The Morgan fingerprint density at radius 2 is 1.70 bits per heavy atom. The lowest BCUT2D eigenvalue weighted by Gasteiger charge is -2.15. The number of carbonyl (C=O) groups excluding carboxylic acids is 2. The number of pyridine rings is 1. The molecule has 2 aromatic carbocycles. The predicted molar refractivity (Wildman–Crippen MR) is 118 cm³/mol. The average molecular weight is 438 g/mol. The first-order chi connectivity index (χ1) is 14.4. The topological polar surface area (TPSA) is 62.3 Å². The molecule has 1 aliphatic rings. The van der Waals surface area contributed by atoms with E-state index in [0.29, 0.717) is 26.9 Å². The smallest absolute Gasteiger partial charge is 0.278 e. The Balaban J connectivity index is 1.76. The molecule has 0 spiro atoms. The van der Waals surface area contributed by atoms with E-state index >= 15 is 0 Å². The van der Waals surface area contributed by atoms with Crippen LogP contribution in [-0.4, -0.2) is 21.7 Å². The van der Waals surface area contributed by atoms with Gasteiger partial charge >= 0.3 is 0 Å². The van der Waals surface area contributed by atoms with Crippen molar-refractivity contribution in [3.8, 4) is 0 Å². The number of nitrogens with zero attached hydrogens (tertiary/aromatic N) is 2. The zero-order valence-corrected chi connectivity index (χ0v) is 17.5. The van der Waals surface area contributed by atoms with Gasteiger partial charge in [-0.05, 0) is 60.0 Å². The summed E-state index contributed by atoms with van der Waals surface area (Å²) in [5.41, 5.74) is 3.45. The monoisotopic (exact) mass is 437 g/mol. The van der Waals surface area contributed by atoms with Gasteiger partial charge in [0, 0.05) is 28.1 Å². The Labute approximate surface area is 183 Å². The predicted octanol–water partition coefficient (Wildman–Crippen LogP) is 5.09. The maximum absolute atomic E-state index is 13.3. The first-order valence-corrected chi connectivity index (χ1v) is 9.98. The van der Waals surface area contributed by atoms with E-state index in [1.165, 1.54) is 4.90 Å². The summed E-state index contributed by atoms with van der Waals surface area (Å²) in [7, 11) is 0. The first-order valence-electron chi connectivity index (χ1n) is 9.22. The number of rotatable bonds is 5. The fourth-order valence-corrected chi connectivity index (χ4v) is 3.65. The summed E-state index contributed by atoms with van der Waals surface area (Å²) in [5.74, 6) is -0.775. The molecule has 0 aliphatic carbocycles. The largest absolute Gasteiger partial charge is 0.350 e. The molecule has 5 nitrogen and oxygen atoms in total. The van der Waals surface area contributed by atoms with Crippen LogP contribution in [0.5, 0.6) is 0 Å². The van der Waals surface area contributed by atoms with Crippen LogP contribution < -0.4 is 5.32 Å². The van der Waals surface area contributed by atoms with Crippen molar-refractivity contribution in [1.29, 1.82) is 0 Å². The highest BCUT2D eigenvalue weighted by molar-refractivity contribution is 6.37. The van der Waals surface area contributed by atoms with Gasteiger partial charge < -0.3 is 5.32 Å². The molecule has 4 rings (SSSR count). The van der Waals surface area contributed by atoms with E-state index in [-0.39, 0.29) is 18.1 Å². The molecule has 30 heavy (non-hydrogen) atoms. The van der Waals surface area contributed by atoms with Gasteiger partial charge in [-0.15, -0.1) is 0 Å². The zero-order chi connectivity index (χ0) is 21.3. The minimum atomic E-state index is -0.400. The van der Waals surface area contributed by atoms with Gasteiger partial charge in [0.25, 0.3) is 11.8 Å². The fraction of sp³-hybridized carbons (Fsp3) is 0.0870. The summed E-state index contributed by atoms with van der Waals surface area (Å²) in [6.07, 6.45) is 3.28. The third-order valence-corrected chi connectivity index (χ3v) is 5.30.